The number of halogens is 2. The predicted octanol–water partition coefficient (Wildman–Crippen LogP) is 3.96. The summed E-state index contributed by atoms with van der Waals surface area (Å²) in [6.07, 6.45) is 0. The third-order valence-electron chi connectivity index (χ3n) is 4.28. The van der Waals surface area contributed by atoms with Gasteiger partial charge in [0.25, 0.3) is 0 Å². The first kappa shape index (κ1) is 17.7. The van der Waals surface area contributed by atoms with Crippen LogP contribution < -0.4 is 4.90 Å². The smallest absolute Gasteiger partial charge is 0.0680 e. The van der Waals surface area contributed by atoms with Crippen molar-refractivity contribution in [2.45, 2.75) is 13.0 Å². The zero-order valence-corrected chi connectivity index (χ0v) is 15.4. The molecule has 0 saturated carbocycles. The van der Waals surface area contributed by atoms with E-state index in [0.717, 1.165) is 16.8 Å². The van der Waals surface area contributed by atoms with Gasteiger partial charge in [-0.2, -0.15) is 0 Å². The second-order valence-corrected chi connectivity index (χ2v) is 7.62. The number of hydrogen-bond acceptors (Lipinski definition) is 3. The Hall–Kier alpha value is -1.11. The molecule has 0 amide bonds. The Morgan fingerprint density at radius 2 is 1.75 bits per heavy atom. The van der Waals surface area contributed by atoms with Crippen molar-refractivity contribution < 1.29 is 8.76 Å². The number of benzene rings is 2. The highest BCUT2D eigenvalue weighted by Gasteiger charge is 2.29. The minimum Gasteiger partial charge on any atom is -0.760 e. The van der Waals surface area contributed by atoms with Crippen LogP contribution in [0, 0.1) is 6.92 Å². The molecule has 1 saturated heterocycles. The molecule has 0 radical (unpaired) electrons. The fraction of sp³-hybridized carbons (Fsp3) is 0.294. The normalized spacial score (nSPS) is 20.2. The van der Waals surface area contributed by atoms with Gasteiger partial charge < -0.3 is 9.45 Å². The van der Waals surface area contributed by atoms with E-state index in [1.54, 1.807) is 0 Å². The summed E-state index contributed by atoms with van der Waals surface area (Å²) in [6.45, 7) is 3.49. The van der Waals surface area contributed by atoms with Crippen LogP contribution in [0.15, 0.2) is 42.5 Å². The van der Waals surface area contributed by atoms with E-state index in [2.05, 4.69) is 4.90 Å². The quantitative estimate of drug-likeness (QED) is 0.753. The molecule has 1 fully saturated rings. The summed E-state index contributed by atoms with van der Waals surface area (Å²) in [5.74, 6) is 0. The first-order valence-corrected chi connectivity index (χ1v) is 9.37. The Bertz CT molecular complexity index is 755. The molecule has 3 rings (SSSR count). The predicted molar refractivity (Wildman–Crippen MR) is 98.2 cm³/mol. The highest BCUT2D eigenvalue weighted by Crippen LogP contribution is 2.34. The summed E-state index contributed by atoms with van der Waals surface area (Å²) < 4.78 is 24.3. The maximum absolute atomic E-state index is 11.4. The van der Waals surface area contributed by atoms with Crippen molar-refractivity contribution in [2.24, 2.45) is 0 Å². The zero-order valence-electron chi connectivity index (χ0n) is 13.1. The third-order valence-corrected chi connectivity index (χ3v) is 5.52. The topological polar surface area (TPSA) is 46.6 Å². The van der Waals surface area contributed by atoms with Crippen molar-refractivity contribution in [2.75, 3.05) is 24.5 Å². The minimum absolute atomic E-state index is 0.0752. The van der Waals surface area contributed by atoms with Gasteiger partial charge in [-0.05, 0) is 48.4 Å². The van der Waals surface area contributed by atoms with E-state index < -0.39 is 11.3 Å². The minimum atomic E-state index is -2.22. The van der Waals surface area contributed by atoms with E-state index in [4.69, 9.17) is 23.2 Å². The van der Waals surface area contributed by atoms with Crippen molar-refractivity contribution in [1.29, 1.82) is 0 Å². The zero-order chi connectivity index (χ0) is 17.3. The van der Waals surface area contributed by atoms with Gasteiger partial charge >= 0.3 is 0 Å². The number of nitrogens with zero attached hydrogens (tertiary/aromatic N) is 2. The molecule has 0 aliphatic carbocycles. The molecule has 2 aromatic rings. The molecule has 7 heteroatoms. The lowest BCUT2D eigenvalue weighted by atomic mass is 10.0. The van der Waals surface area contributed by atoms with Crippen molar-refractivity contribution in [1.82, 2.24) is 4.31 Å². The number of hydrogen-bond donors (Lipinski definition) is 0. The van der Waals surface area contributed by atoms with E-state index in [1.165, 1.54) is 4.31 Å². The Labute approximate surface area is 154 Å². The van der Waals surface area contributed by atoms with Gasteiger partial charge in [0.05, 0.1) is 6.04 Å². The van der Waals surface area contributed by atoms with Gasteiger partial charge in [0.15, 0.2) is 0 Å². The highest BCUT2D eigenvalue weighted by atomic mass is 35.5. The van der Waals surface area contributed by atoms with Gasteiger partial charge in [-0.1, -0.05) is 35.3 Å². The second-order valence-electron chi connectivity index (χ2n) is 5.80. The lowest BCUT2D eigenvalue weighted by Crippen LogP contribution is -2.49. The largest absolute Gasteiger partial charge is 0.760 e. The summed E-state index contributed by atoms with van der Waals surface area (Å²) >= 11 is 9.84. The van der Waals surface area contributed by atoms with Crippen molar-refractivity contribution >= 4 is 40.2 Å². The maximum atomic E-state index is 11.4. The molecule has 2 aromatic carbocycles. The van der Waals surface area contributed by atoms with Gasteiger partial charge in [-0.25, -0.2) is 4.31 Å². The lowest BCUT2D eigenvalue weighted by Gasteiger charge is -2.44. The molecule has 1 aliphatic heterocycles. The Kier molecular flexibility index (Phi) is 5.47. The molecule has 2 unspecified atom stereocenters. The summed E-state index contributed by atoms with van der Waals surface area (Å²) in [7, 11) is 0. The van der Waals surface area contributed by atoms with E-state index in [1.807, 2.05) is 49.4 Å². The average Bonchev–Trinajstić information content (AvgIpc) is 2.55. The molecule has 24 heavy (non-hydrogen) atoms. The van der Waals surface area contributed by atoms with Gasteiger partial charge in [-0.3, -0.25) is 4.21 Å². The monoisotopic (exact) mass is 383 g/mol. The Morgan fingerprint density at radius 1 is 1.08 bits per heavy atom. The number of piperazine rings is 1. The van der Waals surface area contributed by atoms with Crippen molar-refractivity contribution in [3.8, 4) is 0 Å². The first-order valence-electron chi connectivity index (χ1n) is 7.58. The number of anilines is 1. The number of rotatable bonds is 3. The van der Waals surface area contributed by atoms with Crippen LogP contribution in [0.1, 0.15) is 17.2 Å². The van der Waals surface area contributed by atoms with Crippen LogP contribution >= 0.6 is 23.2 Å². The fourth-order valence-corrected chi connectivity index (χ4v) is 3.94. The lowest BCUT2D eigenvalue weighted by molar-refractivity contribution is 0.324. The fourth-order valence-electron chi connectivity index (χ4n) is 3.09. The van der Waals surface area contributed by atoms with E-state index in [0.29, 0.717) is 29.7 Å². The molecule has 0 N–H and O–H groups in total. The molecule has 0 bridgehead atoms. The molecule has 0 spiro atoms. The molecule has 4 nitrogen and oxygen atoms in total. The van der Waals surface area contributed by atoms with E-state index >= 15 is 0 Å². The van der Waals surface area contributed by atoms with Crippen molar-refractivity contribution in [3.63, 3.8) is 0 Å². The molecule has 1 aliphatic rings. The van der Waals surface area contributed by atoms with E-state index in [-0.39, 0.29) is 6.04 Å². The maximum Gasteiger partial charge on any atom is 0.0680 e. The number of aryl methyl sites for hydroxylation is 1. The molecule has 128 valence electrons. The van der Waals surface area contributed by atoms with Crippen LogP contribution in [-0.2, 0) is 11.3 Å². The molecular formula is C17H17Cl2N2O2S-. The second kappa shape index (κ2) is 7.42. The van der Waals surface area contributed by atoms with Crippen LogP contribution in [0.25, 0.3) is 0 Å². The average molecular weight is 384 g/mol. The van der Waals surface area contributed by atoms with Gasteiger partial charge in [0.1, 0.15) is 0 Å². The molecule has 2 atom stereocenters. The summed E-state index contributed by atoms with van der Waals surface area (Å²) in [4.78, 5) is 2.23. The van der Waals surface area contributed by atoms with Gasteiger partial charge in [0.2, 0.25) is 0 Å². The summed E-state index contributed by atoms with van der Waals surface area (Å²) in [5.41, 5.74) is 3.16. The summed E-state index contributed by atoms with van der Waals surface area (Å²) in [5, 5.41) is 1.35. The van der Waals surface area contributed by atoms with Crippen molar-refractivity contribution in [3.05, 3.63) is 63.6 Å². The standard InChI is InChI=1S/C17H18Cl2N2O2S/c1-12-10-15(19)6-7-16(12)21-9-8-20(24(22)23)11-17(21)13-2-4-14(18)5-3-13/h2-7,10,17H,8-9,11H2,1H3,(H,22,23)/p-1. The van der Waals surface area contributed by atoms with Gasteiger partial charge in [0, 0.05) is 46.6 Å². The van der Waals surface area contributed by atoms with Crippen LogP contribution in [0.5, 0.6) is 0 Å². The van der Waals surface area contributed by atoms with Crippen LogP contribution in [0.3, 0.4) is 0 Å². The Balaban J connectivity index is 1.99. The van der Waals surface area contributed by atoms with Crippen LogP contribution in [-0.4, -0.2) is 32.7 Å². The first-order chi connectivity index (χ1) is 11.5. The molecule has 0 aromatic heterocycles. The van der Waals surface area contributed by atoms with Crippen LogP contribution in [0.2, 0.25) is 10.0 Å². The summed E-state index contributed by atoms with van der Waals surface area (Å²) in [6, 6.07) is 13.3. The SMILES string of the molecule is Cc1cc(Cl)ccc1N1CCN(S(=O)[O-])CC1c1ccc(Cl)cc1. The van der Waals surface area contributed by atoms with Crippen LogP contribution in [0.4, 0.5) is 5.69 Å². The highest BCUT2D eigenvalue weighted by molar-refractivity contribution is 7.76. The molecular weight excluding hydrogens is 367 g/mol. The van der Waals surface area contributed by atoms with E-state index in [9.17, 15) is 8.76 Å². The third kappa shape index (κ3) is 3.76. The van der Waals surface area contributed by atoms with Gasteiger partial charge in [-0.15, -0.1) is 0 Å². The molecule has 1 heterocycles. The Morgan fingerprint density at radius 3 is 2.38 bits per heavy atom.